The number of aromatic nitrogens is 4. The van der Waals surface area contributed by atoms with E-state index in [1.54, 1.807) is 15.0 Å². The second-order valence-electron chi connectivity index (χ2n) is 7.83. The zero-order chi connectivity index (χ0) is 22.8. The first-order valence-corrected chi connectivity index (χ1v) is 11.3. The molecule has 7 nitrogen and oxygen atoms in total. The fourth-order valence-corrected chi connectivity index (χ4v) is 4.35. The van der Waals surface area contributed by atoms with Crippen molar-refractivity contribution in [3.63, 3.8) is 0 Å². The van der Waals surface area contributed by atoms with Crippen LogP contribution in [0.15, 0.2) is 52.4 Å². The summed E-state index contributed by atoms with van der Waals surface area (Å²) in [6.45, 7) is 4.72. The van der Waals surface area contributed by atoms with Crippen molar-refractivity contribution in [2.45, 2.75) is 32.0 Å². The molecule has 0 bridgehead atoms. The van der Waals surface area contributed by atoms with Crippen LogP contribution in [0, 0.1) is 11.7 Å². The third-order valence-corrected chi connectivity index (χ3v) is 6.13. The molecule has 0 saturated heterocycles. The number of hydrogen-bond donors (Lipinski definition) is 0. The van der Waals surface area contributed by atoms with Crippen LogP contribution in [0.2, 0.25) is 0 Å². The van der Waals surface area contributed by atoms with E-state index in [9.17, 15) is 14.0 Å². The van der Waals surface area contributed by atoms with E-state index in [-0.39, 0.29) is 22.7 Å². The van der Waals surface area contributed by atoms with Gasteiger partial charge in [0.2, 0.25) is 5.78 Å². The van der Waals surface area contributed by atoms with Crippen LogP contribution >= 0.6 is 11.8 Å². The number of ether oxygens (including phenoxy) is 1. The minimum atomic E-state index is -0.507. The highest BCUT2D eigenvalue weighted by Gasteiger charge is 2.19. The summed E-state index contributed by atoms with van der Waals surface area (Å²) in [6.07, 6.45) is 0.821. The Morgan fingerprint density at radius 3 is 2.72 bits per heavy atom. The molecular weight excluding hydrogens is 431 g/mol. The zero-order valence-electron chi connectivity index (χ0n) is 18.0. The standard InChI is InChI=1S/C23H23FN4O3S/c1-14(2)10-11-27-21(30)16-6-4-5-7-18(16)28-22(27)25-26-23(28)32-13-19(29)17-12-15(24)8-9-20(17)31-3/h4-9,12,14H,10-11,13H2,1-3H3. The number of fused-ring (bicyclic) bond motifs is 3. The second-order valence-corrected chi connectivity index (χ2v) is 8.77. The largest absolute Gasteiger partial charge is 0.496 e. The maximum Gasteiger partial charge on any atom is 0.262 e. The Morgan fingerprint density at radius 1 is 1.19 bits per heavy atom. The van der Waals surface area contributed by atoms with E-state index >= 15 is 0 Å². The Hall–Kier alpha value is -3.20. The van der Waals surface area contributed by atoms with Gasteiger partial charge in [0.05, 0.1) is 29.3 Å². The number of methoxy groups -OCH3 is 1. The van der Waals surface area contributed by atoms with Crippen molar-refractivity contribution in [1.29, 1.82) is 0 Å². The number of hydrogen-bond acceptors (Lipinski definition) is 6. The molecule has 2 aromatic carbocycles. The molecule has 2 aromatic heterocycles. The molecule has 4 rings (SSSR count). The lowest BCUT2D eigenvalue weighted by molar-refractivity contribution is 0.101. The van der Waals surface area contributed by atoms with E-state index in [0.717, 1.165) is 6.42 Å². The molecule has 0 saturated carbocycles. The second kappa shape index (κ2) is 9.12. The van der Waals surface area contributed by atoms with Crippen molar-refractivity contribution in [3.8, 4) is 5.75 Å². The molecule has 0 radical (unpaired) electrons. The van der Waals surface area contributed by atoms with Gasteiger partial charge in [0.1, 0.15) is 11.6 Å². The summed E-state index contributed by atoms with van der Waals surface area (Å²) >= 11 is 1.18. The third-order valence-electron chi connectivity index (χ3n) is 5.20. The van der Waals surface area contributed by atoms with Crippen molar-refractivity contribution in [3.05, 3.63) is 64.2 Å². The number of para-hydroxylation sites is 1. The van der Waals surface area contributed by atoms with Gasteiger partial charge < -0.3 is 4.74 Å². The van der Waals surface area contributed by atoms with Crippen molar-refractivity contribution in [1.82, 2.24) is 19.2 Å². The summed E-state index contributed by atoms with van der Waals surface area (Å²) in [7, 11) is 1.44. The van der Waals surface area contributed by atoms with Crippen molar-refractivity contribution < 1.29 is 13.9 Å². The van der Waals surface area contributed by atoms with Gasteiger partial charge >= 0.3 is 0 Å². The van der Waals surface area contributed by atoms with Crippen molar-refractivity contribution in [2.75, 3.05) is 12.9 Å². The Balaban J connectivity index is 1.74. The molecular formula is C23H23FN4O3S. The van der Waals surface area contributed by atoms with Gasteiger partial charge in [-0.2, -0.15) is 0 Å². The number of benzene rings is 2. The van der Waals surface area contributed by atoms with Gasteiger partial charge in [-0.3, -0.25) is 18.6 Å². The van der Waals surface area contributed by atoms with Crippen LogP contribution in [0.5, 0.6) is 5.75 Å². The van der Waals surface area contributed by atoms with Crippen LogP contribution in [-0.2, 0) is 6.54 Å². The minimum absolute atomic E-state index is 0.0139. The quantitative estimate of drug-likeness (QED) is 0.293. The minimum Gasteiger partial charge on any atom is -0.496 e. The maximum absolute atomic E-state index is 13.7. The molecule has 4 aromatic rings. The van der Waals surface area contributed by atoms with Crippen LogP contribution in [0.3, 0.4) is 0 Å². The number of nitrogens with zero attached hydrogens (tertiary/aromatic N) is 4. The highest BCUT2D eigenvalue weighted by atomic mass is 32.2. The fourth-order valence-electron chi connectivity index (χ4n) is 3.52. The topological polar surface area (TPSA) is 78.5 Å². The Bertz CT molecular complexity index is 1360. The lowest BCUT2D eigenvalue weighted by atomic mass is 10.1. The highest BCUT2D eigenvalue weighted by molar-refractivity contribution is 7.99. The van der Waals surface area contributed by atoms with E-state index in [2.05, 4.69) is 24.0 Å². The van der Waals surface area contributed by atoms with Crippen LogP contribution in [0.4, 0.5) is 4.39 Å². The van der Waals surface area contributed by atoms with Crippen molar-refractivity contribution in [2.24, 2.45) is 5.92 Å². The third kappa shape index (κ3) is 4.12. The van der Waals surface area contributed by atoms with Crippen LogP contribution in [0.25, 0.3) is 16.7 Å². The van der Waals surface area contributed by atoms with E-state index in [1.165, 1.54) is 37.1 Å². The lowest BCUT2D eigenvalue weighted by Crippen LogP contribution is -2.24. The van der Waals surface area contributed by atoms with Gasteiger partial charge in [-0.15, -0.1) is 10.2 Å². The van der Waals surface area contributed by atoms with Crippen LogP contribution in [0.1, 0.15) is 30.6 Å². The average molecular weight is 455 g/mol. The molecule has 32 heavy (non-hydrogen) atoms. The molecule has 0 fully saturated rings. The fraction of sp³-hybridized carbons (Fsp3) is 0.304. The average Bonchev–Trinajstić information content (AvgIpc) is 3.21. The number of Topliss-reactive ketones (excluding diaryl/α,β-unsaturated/α-hetero) is 1. The number of carbonyl (C=O) groups excluding carboxylic acids is 1. The molecule has 0 spiro atoms. The van der Waals surface area contributed by atoms with E-state index in [4.69, 9.17) is 4.74 Å². The molecule has 0 unspecified atom stereocenters. The monoisotopic (exact) mass is 454 g/mol. The normalized spacial score (nSPS) is 11.5. The molecule has 2 heterocycles. The smallest absolute Gasteiger partial charge is 0.262 e. The summed E-state index contributed by atoms with van der Waals surface area (Å²) in [5.41, 5.74) is 0.738. The summed E-state index contributed by atoms with van der Waals surface area (Å²) in [5, 5.41) is 9.57. The maximum atomic E-state index is 13.7. The van der Waals surface area contributed by atoms with Crippen LogP contribution < -0.4 is 10.3 Å². The van der Waals surface area contributed by atoms with Gasteiger partial charge in [-0.1, -0.05) is 37.7 Å². The van der Waals surface area contributed by atoms with Gasteiger partial charge in [0.25, 0.3) is 5.56 Å². The predicted molar refractivity (Wildman–Crippen MR) is 122 cm³/mol. The molecule has 166 valence electrons. The number of carbonyl (C=O) groups is 1. The molecule has 0 aliphatic rings. The molecule has 0 amide bonds. The predicted octanol–water partition coefficient (Wildman–Crippen LogP) is 4.21. The summed E-state index contributed by atoms with van der Waals surface area (Å²) in [4.78, 5) is 25.9. The highest BCUT2D eigenvalue weighted by Crippen LogP contribution is 2.25. The Morgan fingerprint density at radius 2 is 1.97 bits per heavy atom. The van der Waals surface area contributed by atoms with Gasteiger partial charge in [-0.05, 0) is 42.7 Å². The number of halogens is 1. The van der Waals surface area contributed by atoms with Crippen LogP contribution in [-0.4, -0.2) is 37.8 Å². The Labute approximate surface area is 188 Å². The SMILES string of the molecule is COc1ccc(F)cc1C(=O)CSc1nnc2n(CCC(C)C)c(=O)c3ccccc3n12. The van der Waals surface area contributed by atoms with Gasteiger partial charge in [-0.25, -0.2) is 4.39 Å². The van der Waals surface area contributed by atoms with E-state index < -0.39 is 5.82 Å². The zero-order valence-corrected chi connectivity index (χ0v) is 18.9. The molecule has 0 aliphatic carbocycles. The number of aryl methyl sites for hydroxylation is 1. The molecule has 0 atom stereocenters. The summed E-state index contributed by atoms with van der Waals surface area (Å²) in [5.74, 6) is 0.389. The Kier molecular flexibility index (Phi) is 6.27. The number of ketones is 1. The molecule has 9 heteroatoms. The van der Waals surface area contributed by atoms with E-state index in [1.807, 2.05) is 18.2 Å². The summed E-state index contributed by atoms with van der Waals surface area (Å²) < 4.78 is 22.3. The number of rotatable bonds is 8. The first kappa shape index (κ1) is 22.0. The van der Waals surface area contributed by atoms with Gasteiger partial charge in [0, 0.05) is 6.54 Å². The first-order chi connectivity index (χ1) is 15.4. The van der Waals surface area contributed by atoms with E-state index in [0.29, 0.717) is 40.0 Å². The van der Waals surface area contributed by atoms with Gasteiger partial charge in [0.15, 0.2) is 10.9 Å². The van der Waals surface area contributed by atoms with Crippen molar-refractivity contribution >= 4 is 34.2 Å². The number of thioether (sulfide) groups is 1. The molecule has 0 N–H and O–H groups in total. The first-order valence-electron chi connectivity index (χ1n) is 10.3. The lowest BCUT2D eigenvalue weighted by Gasteiger charge is -2.12. The summed E-state index contributed by atoms with van der Waals surface area (Å²) in [6, 6.07) is 11.1. The molecule has 0 aliphatic heterocycles.